The van der Waals surface area contributed by atoms with Crippen molar-refractivity contribution in [3.63, 3.8) is 0 Å². The number of hydrogen-bond donors (Lipinski definition) is 1. The van der Waals surface area contributed by atoms with E-state index in [9.17, 15) is 26.7 Å². The first-order valence-electron chi connectivity index (χ1n) is 11.6. The highest BCUT2D eigenvalue weighted by Crippen LogP contribution is 2.36. The first kappa shape index (κ1) is 26.4. The van der Waals surface area contributed by atoms with Gasteiger partial charge in [-0.25, -0.2) is 23.7 Å². The number of halogens is 5. The predicted octanol–water partition coefficient (Wildman–Crippen LogP) is 5.17. The second kappa shape index (κ2) is 9.98. The molecule has 1 unspecified atom stereocenters. The molecule has 0 aromatic carbocycles. The van der Waals surface area contributed by atoms with Gasteiger partial charge in [0, 0.05) is 42.8 Å². The number of carbonyl (C=O) groups is 1. The van der Waals surface area contributed by atoms with E-state index in [-0.39, 0.29) is 18.2 Å². The van der Waals surface area contributed by atoms with Crippen molar-refractivity contribution in [3.05, 3.63) is 65.4 Å². The van der Waals surface area contributed by atoms with Gasteiger partial charge in [0.25, 0.3) is 11.8 Å². The summed E-state index contributed by atoms with van der Waals surface area (Å²) < 4.78 is 67.7. The number of amides is 1. The lowest BCUT2D eigenvalue weighted by molar-refractivity contribution is -0.138. The maximum atomic E-state index is 14.6. The van der Waals surface area contributed by atoms with Gasteiger partial charge in [-0.3, -0.25) is 9.78 Å². The van der Waals surface area contributed by atoms with Crippen molar-refractivity contribution in [2.75, 3.05) is 18.4 Å². The Labute approximate surface area is 210 Å². The summed E-state index contributed by atoms with van der Waals surface area (Å²) in [5.74, 6) is -4.56. The molecule has 2 atom stereocenters. The van der Waals surface area contributed by atoms with Crippen LogP contribution in [0.5, 0.6) is 0 Å². The van der Waals surface area contributed by atoms with E-state index in [4.69, 9.17) is 0 Å². The summed E-state index contributed by atoms with van der Waals surface area (Å²) in [4.78, 5) is 30.9. The van der Waals surface area contributed by atoms with Crippen LogP contribution in [0.2, 0.25) is 0 Å². The Morgan fingerprint density at radius 2 is 1.78 bits per heavy atom. The van der Waals surface area contributed by atoms with Crippen LogP contribution in [0.3, 0.4) is 0 Å². The molecule has 1 fully saturated rings. The molecular weight excluding hydrogens is 495 g/mol. The Bertz CT molecular complexity index is 1260. The largest absolute Gasteiger partial charge is 0.419 e. The lowest BCUT2D eigenvalue weighted by atomic mass is 9.88. The van der Waals surface area contributed by atoms with Crippen molar-refractivity contribution in [1.29, 1.82) is 0 Å². The summed E-state index contributed by atoms with van der Waals surface area (Å²) in [5, 5.41) is 2.79. The number of pyridine rings is 2. The summed E-state index contributed by atoms with van der Waals surface area (Å²) in [6, 6.07) is 6.22. The van der Waals surface area contributed by atoms with E-state index >= 15 is 0 Å². The van der Waals surface area contributed by atoms with Gasteiger partial charge in [-0.1, -0.05) is 13.0 Å². The second-order valence-electron chi connectivity index (χ2n) is 9.28. The number of aromatic nitrogens is 4. The SMILES string of the molecule is Cc1ccc(-c2ccc(C)nc2C(=O)N2CC(F)(F)C[C@@H](C)C2CNc2ncc(C(F)(F)F)cn2)nc1. The fourth-order valence-electron chi connectivity index (χ4n) is 4.33. The third-order valence-electron chi connectivity index (χ3n) is 6.21. The van der Waals surface area contributed by atoms with Crippen molar-refractivity contribution >= 4 is 11.9 Å². The Kier molecular flexibility index (Phi) is 7.11. The molecule has 0 aliphatic carbocycles. The van der Waals surface area contributed by atoms with Gasteiger partial charge in [-0.15, -0.1) is 0 Å². The third kappa shape index (κ3) is 6.00. The number of anilines is 1. The van der Waals surface area contributed by atoms with Crippen LogP contribution < -0.4 is 5.32 Å². The van der Waals surface area contributed by atoms with Crippen LogP contribution in [0.15, 0.2) is 42.9 Å². The number of hydrogen-bond acceptors (Lipinski definition) is 6. The molecule has 196 valence electrons. The fraction of sp³-hybridized carbons (Fsp3) is 0.400. The molecule has 0 bridgehead atoms. The highest BCUT2D eigenvalue weighted by molar-refractivity contribution is 5.99. The Hall–Kier alpha value is -3.70. The highest BCUT2D eigenvalue weighted by Gasteiger charge is 2.46. The van der Waals surface area contributed by atoms with Crippen molar-refractivity contribution in [3.8, 4) is 11.3 Å². The van der Waals surface area contributed by atoms with E-state index in [2.05, 4.69) is 25.3 Å². The van der Waals surface area contributed by atoms with E-state index in [0.717, 1.165) is 10.5 Å². The highest BCUT2D eigenvalue weighted by atomic mass is 19.4. The average Bonchev–Trinajstić information content (AvgIpc) is 2.82. The molecule has 1 amide bonds. The van der Waals surface area contributed by atoms with Gasteiger partial charge in [0.05, 0.1) is 23.8 Å². The molecule has 4 rings (SSSR count). The number of alkyl halides is 5. The van der Waals surface area contributed by atoms with Crippen molar-refractivity contribution < 1.29 is 26.7 Å². The topological polar surface area (TPSA) is 83.9 Å². The third-order valence-corrected chi connectivity index (χ3v) is 6.21. The number of nitrogens with zero attached hydrogens (tertiary/aromatic N) is 5. The standard InChI is InChI=1S/C25H25F5N6O/c1-14-4-7-19(31-9-14)18-6-5-16(3)35-21(18)22(37)36-13-24(26,27)8-15(2)20(36)12-34-23-32-10-17(11-33-23)25(28,29)30/h4-7,9-11,15,20H,8,12-13H2,1-3H3,(H,32,33,34)/t15-,20?/m1/s1. The first-order chi connectivity index (χ1) is 17.3. The van der Waals surface area contributed by atoms with Gasteiger partial charge < -0.3 is 10.2 Å². The van der Waals surface area contributed by atoms with E-state index in [0.29, 0.717) is 29.3 Å². The molecule has 1 aliphatic heterocycles. The van der Waals surface area contributed by atoms with Crippen LogP contribution in [0.25, 0.3) is 11.3 Å². The number of nitrogens with one attached hydrogen (secondary N) is 1. The summed E-state index contributed by atoms with van der Waals surface area (Å²) in [7, 11) is 0. The smallest absolute Gasteiger partial charge is 0.352 e. The van der Waals surface area contributed by atoms with Gasteiger partial charge in [0.15, 0.2) is 0 Å². The number of rotatable bonds is 5. The summed E-state index contributed by atoms with van der Waals surface area (Å²) in [5.41, 5.74) is 1.32. The van der Waals surface area contributed by atoms with E-state index in [1.165, 1.54) is 0 Å². The Balaban J connectivity index is 1.63. The first-order valence-corrected chi connectivity index (χ1v) is 11.6. The van der Waals surface area contributed by atoms with E-state index in [1.54, 1.807) is 38.2 Å². The van der Waals surface area contributed by atoms with E-state index < -0.39 is 48.5 Å². The quantitative estimate of drug-likeness (QED) is 0.468. The monoisotopic (exact) mass is 520 g/mol. The molecule has 1 N–H and O–H groups in total. The van der Waals surface area contributed by atoms with E-state index in [1.807, 2.05) is 13.0 Å². The lowest BCUT2D eigenvalue weighted by Gasteiger charge is -2.43. The molecule has 0 spiro atoms. The number of carbonyl (C=O) groups excluding carboxylic acids is 1. The Morgan fingerprint density at radius 3 is 2.41 bits per heavy atom. The second-order valence-corrected chi connectivity index (χ2v) is 9.28. The maximum absolute atomic E-state index is 14.6. The maximum Gasteiger partial charge on any atom is 0.419 e. The van der Waals surface area contributed by atoms with Crippen LogP contribution in [0.1, 0.15) is 40.7 Å². The molecule has 0 saturated carbocycles. The van der Waals surface area contributed by atoms with Crippen LogP contribution in [-0.4, -0.2) is 55.8 Å². The van der Waals surface area contributed by atoms with Gasteiger partial charge in [0.1, 0.15) is 5.69 Å². The minimum Gasteiger partial charge on any atom is -0.352 e. The normalized spacial score (nSPS) is 19.5. The molecule has 4 heterocycles. The van der Waals surface area contributed by atoms with Gasteiger partial charge >= 0.3 is 6.18 Å². The fourth-order valence-corrected chi connectivity index (χ4v) is 4.33. The molecule has 12 heteroatoms. The zero-order valence-electron chi connectivity index (χ0n) is 20.4. The number of aryl methyl sites for hydroxylation is 2. The van der Waals surface area contributed by atoms with Crippen LogP contribution >= 0.6 is 0 Å². The summed E-state index contributed by atoms with van der Waals surface area (Å²) in [6.07, 6.45) is -2.14. The molecule has 3 aromatic heterocycles. The van der Waals surface area contributed by atoms with Crippen molar-refractivity contribution in [2.24, 2.45) is 5.92 Å². The molecular formula is C25H25F5N6O. The molecule has 0 radical (unpaired) electrons. The molecule has 1 aliphatic rings. The molecule has 1 saturated heterocycles. The predicted molar refractivity (Wildman–Crippen MR) is 126 cm³/mol. The van der Waals surface area contributed by atoms with Crippen LogP contribution in [0.4, 0.5) is 27.9 Å². The summed E-state index contributed by atoms with van der Waals surface area (Å²) in [6.45, 7) is 4.29. The molecule has 7 nitrogen and oxygen atoms in total. The van der Waals surface area contributed by atoms with Crippen LogP contribution in [0, 0.1) is 19.8 Å². The van der Waals surface area contributed by atoms with Crippen molar-refractivity contribution in [1.82, 2.24) is 24.8 Å². The van der Waals surface area contributed by atoms with Gasteiger partial charge in [-0.05, 0) is 43.5 Å². The lowest BCUT2D eigenvalue weighted by Crippen LogP contribution is -2.57. The van der Waals surface area contributed by atoms with Gasteiger partial charge in [-0.2, -0.15) is 13.2 Å². The molecule has 37 heavy (non-hydrogen) atoms. The minimum atomic E-state index is -4.59. The zero-order valence-corrected chi connectivity index (χ0v) is 20.4. The van der Waals surface area contributed by atoms with Gasteiger partial charge in [0.2, 0.25) is 5.95 Å². The van der Waals surface area contributed by atoms with Crippen molar-refractivity contribution in [2.45, 2.75) is 45.3 Å². The number of likely N-dealkylation sites (tertiary alicyclic amines) is 1. The number of piperidine rings is 1. The van der Waals surface area contributed by atoms with Crippen LogP contribution in [-0.2, 0) is 6.18 Å². The molecule has 3 aromatic rings. The minimum absolute atomic E-state index is 0.00275. The Morgan fingerprint density at radius 1 is 1.08 bits per heavy atom. The zero-order chi connectivity index (χ0) is 27.0. The summed E-state index contributed by atoms with van der Waals surface area (Å²) >= 11 is 0. The average molecular weight is 521 g/mol.